The molecule has 0 fully saturated rings. The fourth-order valence-electron chi connectivity index (χ4n) is 1.79. The summed E-state index contributed by atoms with van der Waals surface area (Å²) in [6.07, 6.45) is 13.2. The molecule has 0 heterocycles. The smallest absolute Gasteiger partial charge is 0.370 e. The van der Waals surface area contributed by atoms with Gasteiger partial charge >= 0.3 is 8.25 Å². The molecule has 0 bridgehead atoms. The van der Waals surface area contributed by atoms with Gasteiger partial charge in [-0.25, -0.2) is 9.05 Å². The first kappa shape index (κ1) is 24.1. The Balaban J connectivity index is 4.25. The third-order valence-electron chi connectivity index (χ3n) is 2.90. The quantitative estimate of drug-likeness (QED) is 0.165. The van der Waals surface area contributed by atoms with Gasteiger partial charge in [-0.15, -0.1) is 13.2 Å². The van der Waals surface area contributed by atoms with E-state index in [0.29, 0.717) is 13.2 Å². The number of hydrogen-bond donors (Lipinski definition) is 0. The van der Waals surface area contributed by atoms with Crippen LogP contribution < -0.4 is 0 Å². The Morgan fingerprint density at radius 1 is 0.885 bits per heavy atom. The van der Waals surface area contributed by atoms with E-state index < -0.39 is 8.25 Å². The van der Waals surface area contributed by atoms with E-state index in [0.717, 1.165) is 11.1 Å². The Hall–Kier alpha value is -1.94. The molecule has 0 saturated heterocycles. The lowest BCUT2D eigenvalue weighted by atomic mass is 10.2. The van der Waals surface area contributed by atoms with Gasteiger partial charge in [0.25, 0.3) is 0 Å². The highest BCUT2D eigenvalue weighted by atomic mass is 31.1. The van der Waals surface area contributed by atoms with Crippen molar-refractivity contribution in [3.63, 3.8) is 0 Å². The molecule has 0 saturated carbocycles. The van der Waals surface area contributed by atoms with Crippen LogP contribution in [-0.4, -0.2) is 25.4 Å². The molecule has 0 rings (SSSR count). The van der Waals surface area contributed by atoms with Crippen LogP contribution in [0.25, 0.3) is 0 Å². The molecule has 26 heavy (non-hydrogen) atoms. The molecule has 2 unspecified atom stereocenters. The van der Waals surface area contributed by atoms with Crippen LogP contribution in [0.15, 0.2) is 73.3 Å². The van der Waals surface area contributed by atoms with Crippen LogP contribution in [0.1, 0.15) is 27.7 Å². The van der Waals surface area contributed by atoms with Crippen molar-refractivity contribution in [3.05, 3.63) is 73.3 Å². The summed E-state index contributed by atoms with van der Waals surface area (Å²) in [5.41, 5.74) is 1.85. The van der Waals surface area contributed by atoms with Crippen molar-refractivity contribution in [1.82, 2.24) is 0 Å². The number of allylic oxidation sites excluding steroid dienone is 4. The van der Waals surface area contributed by atoms with Crippen LogP contribution >= 0.6 is 8.25 Å². The second kappa shape index (κ2) is 15.3. The summed E-state index contributed by atoms with van der Waals surface area (Å²) >= 11 is 0. The molecule has 0 aliphatic carbocycles. The van der Waals surface area contributed by atoms with Crippen molar-refractivity contribution in [2.24, 2.45) is 0 Å². The maximum Gasteiger partial charge on any atom is 0.804 e. The van der Waals surface area contributed by atoms with Gasteiger partial charge in [-0.3, -0.25) is 0 Å². The minimum absolute atomic E-state index is 0.0433. The molecule has 2 atom stereocenters. The highest BCUT2D eigenvalue weighted by Gasteiger charge is 2.16. The minimum atomic E-state index is -2.27. The second-order valence-corrected chi connectivity index (χ2v) is 6.38. The Labute approximate surface area is 158 Å². The molecule has 0 aromatic heterocycles. The third kappa shape index (κ3) is 14.4. The van der Waals surface area contributed by atoms with E-state index in [2.05, 4.69) is 13.2 Å². The van der Waals surface area contributed by atoms with Gasteiger partial charge in [0.2, 0.25) is 0 Å². The van der Waals surface area contributed by atoms with Crippen LogP contribution in [-0.2, 0) is 23.1 Å². The summed E-state index contributed by atoms with van der Waals surface area (Å²) in [7, 11) is -2.27. The van der Waals surface area contributed by atoms with Gasteiger partial charge in [-0.05, 0) is 51.0 Å². The molecule has 0 amide bonds. The fourth-order valence-corrected chi connectivity index (χ4v) is 2.16. The topological polar surface area (TPSA) is 54.0 Å². The van der Waals surface area contributed by atoms with Gasteiger partial charge in [-0.2, -0.15) is 0 Å². The molecule has 0 radical (unpaired) electrons. The first-order chi connectivity index (χ1) is 12.4. The van der Waals surface area contributed by atoms with Crippen molar-refractivity contribution < 1.29 is 23.1 Å². The van der Waals surface area contributed by atoms with Crippen molar-refractivity contribution >= 4 is 8.25 Å². The first-order valence-electron chi connectivity index (χ1n) is 8.34. The van der Waals surface area contributed by atoms with Gasteiger partial charge in [0.1, 0.15) is 0 Å². The van der Waals surface area contributed by atoms with Crippen molar-refractivity contribution in [3.8, 4) is 0 Å². The van der Waals surface area contributed by atoms with E-state index in [9.17, 15) is 4.57 Å². The van der Waals surface area contributed by atoms with Crippen LogP contribution in [0.2, 0.25) is 0 Å². The van der Waals surface area contributed by atoms with Gasteiger partial charge < -0.3 is 9.47 Å². The van der Waals surface area contributed by atoms with E-state index >= 15 is 0 Å². The van der Waals surface area contributed by atoms with Crippen molar-refractivity contribution in [1.29, 1.82) is 0 Å². The molecular weight excluding hydrogens is 351 g/mol. The number of ether oxygens (including phenoxy) is 2. The first-order valence-corrected chi connectivity index (χ1v) is 9.44. The molecule has 0 spiro atoms. The molecule has 0 aromatic rings. The number of rotatable bonds is 14. The van der Waals surface area contributed by atoms with E-state index in [1.54, 1.807) is 24.3 Å². The SMILES string of the molecule is C=CCOC(C)C=C(C)C=CO[P+](=O)OC=CC(C)=CC(C)OCC=C. The lowest BCUT2D eigenvalue weighted by Crippen LogP contribution is -2.04. The zero-order valence-electron chi connectivity index (χ0n) is 16.1. The second-order valence-electron chi connectivity index (χ2n) is 5.52. The molecular formula is C20H30O5P+. The molecule has 0 N–H and O–H groups in total. The molecule has 0 aliphatic heterocycles. The standard InChI is InChI=1S/C20H30O5P/c1-7-11-22-19(5)15-17(3)9-13-24-26(21)25-14-10-18(4)16-20(6)23-12-8-2/h7-10,13-16,19-20H,1-2,11-12H2,3-6H3/q+1. The normalized spacial score (nSPS) is 15.8. The van der Waals surface area contributed by atoms with E-state index in [4.69, 9.17) is 18.5 Å². The Morgan fingerprint density at radius 3 is 1.62 bits per heavy atom. The fraction of sp³-hybridized carbons (Fsp3) is 0.400. The lowest BCUT2D eigenvalue weighted by molar-refractivity contribution is 0.122. The summed E-state index contributed by atoms with van der Waals surface area (Å²) in [5.74, 6) is 0. The van der Waals surface area contributed by atoms with E-state index in [1.165, 1.54) is 12.5 Å². The van der Waals surface area contributed by atoms with Crippen LogP contribution in [0.5, 0.6) is 0 Å². The highest BCUT2D eigenvalue weighted by Crippen LogP contribution is 2.25. The van der Waals surface area contributed by atoms with Crippen LogP contribution in [0, 0.1) is 0 Å². The summed E-state index contributed by atoms with van der Waals surface area (Å²) in [5, 5.41) is 0. The minimum Gasteiger partial charge on any atom is -0.370 e. The van der Waals surface area contributed by atoms with Crippen LogP contribution in [0.4, 0.5) is 0 Å². The highest BCUT2D eigenvalue weighted by molar-refractivity contribution is 7.33. The van der Waals surface area contributed by atoms with Gasteiger partial charge in [0, 0.05) is 4.57 Å². The maximum atomic E-state index is 11.6. The predicted octanol–water partition coefficient (Wildman–Crippen LogP) is 5.78. The molecule has 5 nitrogen and oxygen atoms in total. The lowest BCUT2D eigenvalue weighted by Gasteiger charge is -2.06. The number of hydrogen-bond acceptors (Lipinski definition) is 5. The molecule has 6 heteroatoms. The Kier molecular flexibility index (Phi) is 14.2. The van der Waals surface area contributed by atoms with Gasteiger partial charge in [0.05, 0.1) is 25.4 Å². The molecule has 0 aromatic carbocycles. The van der Waals surface area contributed by atoms with E-state index in [1.807, 2.05) is 39.8 Å². The zero-order chi connectivity index (χ0) is 19.8. The predicted molar refractivity (Wildman–Crippen MR) is 107 cm³/mol. The van der Waals surface area contributed by atoms with Crippen molar-refractivity contribution in [2.45, 2.75) is 39.9 Å². The molecule has 144 valence electrons. The summed E-state index contributed by atoms with van der Waals surface area (Å²) < 4.78 is 32.5. The summed E-state index contributed by atoms with van der Waals surface area (Å²) in [6, 6.07) is 0. The third-order valence-corrected chi connectivity index (χ3v) is 3.49. The average Bonchev–Trinajstić information content (AvgIpc) is 2.58. The largest absolute Gasteiger partial charge is 0.804 e. The van der Waals surface area contributed by atoms with Gasteiger partial charge in [-0.1, -0.05) is 24.3 Å². The zero-order valence-corrected chi connectivity index (χ0v) is 17.0. The monoisotopic (exact) mass is 381 g/mol. The van der Waals surface area contributed by atoms with Crippen molar-refractivity contribution in [2.75, 3.05) is 13.2 Å². The summed E-state index contributed by atoms with van der Waals surface area (Å²) in [4.78, 5) is 0. The average molecular weight is 381 g/mol. The summed E-state index contributed by atoms with van der Waals surface area (Å²) in [6.45, 7) is 15.8. The Morgan fingerprint density at radius 2 is 1.27 bits per heavy atom. The van der Waals surface area contributed by atoms with Crippen LogP contribution in [0.3, 0.4) is 0 Å². The Bertz CT molecular complexity index is 513. The molecule has 0 aliphatic rings. The van der Waals surface area contributed by atoms with Gasteiger partial charge in [0.15, 0.2) is 12.5 Å². The maximum absolute atomic E-state index is 11.6. The van der Waals surface area contributed by atoms with E-state index in [-0.39, 0.29) is 12.2 Å².